The number of carbonyl (C=O) groups excluding carboxylic acids is 1. The lowest BCUT2D eigenvalue weighted by Crippen LogP contribution is -2.29. The molecular weight excluding hydrogens is 250 g/mol. The van der Waals surface area contributed by atoms with Crippen molar-refractivity contribution in [2.24, 2.45) is 0 Å². The molecule has 2 N–H and O–H groups in total. The highest BCUT2D eigenvalue weighted by atomic mass is 16.2. The molecule has 4 heteroatoms. The molecule has 2 aromatic rings. The Bertz CT molecular complexity index is 627. The predicted octanol–water partition coefficient (Wildman–Crippen LogP) is 2.88. The van der Waals surface area contributed by atoms with Crippen molar-refractivity contribution in [3.05, 3.63) is 60.2 Å². The van der Waals surface area contributed by atoms with Crippen LogP contribution in [0.5, 0.6) is 0 Å². The van der Waals surface area contributed by atoms with E-state index < -0.39 is 0 Å². The average Bonchev–Trinajstić information content (AvgIpc) is 2.76. The van der Waals surface area contributed by atoms with Crippen molar-refractivity contribution in [1.82, 2.24) is 4.90 Å². The summed E-state index contributed by atoms with van der Waals surface area (Å²) in [5, 5.41) is 0. The van der Waals surface area contributed by atoms with Crippen LogP contribution in [-0.2, 0) is 0 Å². The second-order valence-electron chi connectivity index (χ2n) is 5.03. The van der Waals surface area contributed by atoms with Crippen molar-refractivity contribution < 1.29 is 4.79 Å². The first-order valence-corrected chi connectivity index (χ1v) is 6.61. The molecule has 20 heavy (non-hydrogen) atoms. The summed E-state index contributed by atoms with van der Waals surface area (Å²) in [6, 6.07) is 17.6. The first-order valence-electron chi connectivity index (χ1n) is 6.61. The van der Waals surface area contributed by atoms with Crippen LogP contribution in [0.3, 0.4) is 0 Å². The molecule has 1 atom stereocenters. The normalized spacial score (nSPS) is 18.6. The Morgan fingerprint density at radius 1 is 1.10 bits per heavy atom. The maximum Gasteiger partial charge on any atom is 0.324 e. The Hall–Kier alpha value is -2.49. The Labute approximate surface area is 118 Å². The number of amides is 2. The van der Waals surface area contributed by atoms with Crippen LogP contribution in [0.4, 0.5) is 16.2 Å². The van der Waals surface area contributed by atoms with E-state index >= 15 is 0 Å². The van der Waals surface area contributed by atoms with E-state index in [-0.39, 0.29) is 12.1 Å². The minimum atomic E-state index is 0.00412. The Morgan fingerprint density at radius 3 is 2.55 bits per heavy atom. The van der Waals surface area contributed by atoms with E-state index in [0.29, 0.717) is 12.2 Å². The van der Waals surface area contributed by atoms with Crippen LogP contribution in [0.2, 0.25) is 0 Å². The summed E-state index contributed by atoms with van der Waals surface area (Å²) in [7, 11) is 1.84. The van der Waals surface area contributed by atoms with Gasteiger partial charge in [0, 0.05) is 18.4 Å². The van der Waals surface area contributed by atoms with Gasteiger partial charge in [0.05, 0.1) is 12.6 Å². The number of urea groups is 1. The summed E-state index contributed by atoms with van der Waals surface area (Å²) in [6.07, 6.45) is 0. The van der Waals surface area contributed by atoms with Crippen LogP contribution in [0.15, 0.2) is 54.6 Å². The Morgan fingerprint density at radius 2 is 1.85 bits per heavy atom. The van der Waals surface area contributed by atoms with E-state index in [9.17, 15) is 4.79 Å². The van der Waals surface area contributed by atoms with Gasteiger partial charge in [-0.05, 0) is 23.8 Å². The fraction of sp³-hybridized carbons (Fsp3) is 0.188. The van der Waals surface area contributed by atoms with Gasteiger partial charge in [-0.15, -0.1) is 0 Å². The number of anilines is 2. The molecule has 1 fully saturated rings. The maximum atomic E-state index is 12.4. The topological polar surface area (TPSA) is 49.6 Å². The van der Waals surface area contributed by atoms with E-state index in [1.807, 2.05) is 49.5 Å². The van der Waals surface area contributed by atoms with Gasteiger partial charge in [0.2, 0.25) is 0 Å². The predicted molar refractivity (Wildman–Crippen MR) is 80.5 cm³/mol. The largest absolute Gasteiger partial charge is 0.399 e. The second-order valence-corrected chi connectivity index (χ2v) is 5.03. The molecule has 1 unspecified atom stereocenters. The van der Waals surface area contributed by atoms with Crippen LogP contribution < -0.4 is 10.6 Å². The smallest absolute Gasteiger partial charge is 0.324 e. The van der Waals surface area contributed by atoms with E-state index in [2.05, 4.69) is 12.1 Å². The molecule has 1 heterocycles. The molecule has 0 radical (unpaired) electrons. The molecule has 0 saturated carbocycles. The van der Waals surface area contributed by atoms with Gasteiger partial charge in [-0.25, -0.2) is 4.79 Å². The zero-order chi connectivity index (χ0) is 14.1. The van der Waals surface area contributed by atoms with Crippen molar-refractivity contribution >= 4 is 17.4 Å². The van der Waals surface area contributed by atoms with E-state index in [1.165, 1.54) is 0 Å². The number of nitrogens with zero attached hydrogens (tertiary/aromatic N) is 2. The van der Waals surface area contributed by atoms with Gasteiger partial charge in [0.15, 0.2) is 0 Å². The summed E-state index contributed by atoms with van der Waals surface area (Å²) in [5.74, 6) is 0. The summed E-state index contributed by atoms with van der Waals surface area (Å²) >= 11 is 0. The van der Waals surface area contributed by atoms with Crippen LogP contribution in [0.25, 0.3) is 0 Å². The molecular formula is C16H17N3O. The van der Waals surface area contributed by atoms with Crippen LogP contribution in [-0.4, -0.2) is 24.5 Å². The number of likely N-dealkylation sites (N-methyl/N-ethyl adjacent to an activating group) is 1. The molecule has 0 bridgehead atoms. The van der Waals surface area contributed by atoms with E-state index in [0.717, 1.165) is 11.3 Å². The zero-order valence-electron chi connectivity index (χ0n) is 11.4. The van der Waals surface area contributed by atoms with Crippen molar-refractivity contribution in [2.45, 2.75) is 6.04 Å². The summed E-state index contributed by atoms with van der Waals surface area (Å²) in [4.78, 5) is 16.0. The van der Waals surface area contributed by atoms with Crippen LogP contribution in [0.1, 0.15) is 11.6 Å². The van der Waals surface area contributed by atoms with Crippen molar-refractivity contribution in [3.63, 3.8) is 0 Å². The Kier molecular flexibility index (Phi) is 3.06. The van der Waals surface area contributed by atoms with Crippen molar-refractivity contribution in [2.75, 3.05) is 24.2 Å². The summed E-state index contributed by atoms with van der Waals surface area (Å²) in [5.41, 5.74) is 8.46. The van der Waals surface area contributed by atoms with Crippen LogP contribution >= 0.6 is 0 Å². The highest BCUT2D eigenvalue weighted by Crippen LogP contribution is 2.32. The first kappa shape index (κ1) is 12.5. The van der Waals surface area contributed by atoms with E-state index in [1.54, 1.807) is 9.80 Å². The molecule has 1 saturated heterocycles. The standard InChI is InChI=1S/C16H17N3O/c1-18-15(12-6-3-2-4-7-12)11-19(16(18)20)14-9-5-8-13(17)10-14/h2-10,15H,11,17H2,1H3. The molecule has 4 nitrogen and oxygen atoms in total. The minimum absolute atomic E-state index is 0.00412. The third-order valence-corrected chi connectivity index (χ3v) is 3.72. The zero-order valence-corrected chi connectivity index (χ0v) is 11.4. The van der Waals surface area contributed by atoms with Gasteiger partial charge < -0.3 is 10.6 Å². The van der Waals surface area contributed by atoms with Crippen molar-refractivity contribution in [1.29, 1.82) is 0 Å². The number of nitrogens with two attached hydrogens (primary N) is 1. The van der Waals surface area contributed by atoms with Crippen LogP contribution in [0, 0.1) is 0 Å². The second kappa shape index (κ2) is 4.89. The quantitative estimate of drug-likeness (QED) is 0.851. The van der Waals surface area contributed by atoms with Crippen molar-refractivity contribution in [3.8, 4) is 0 Å². The van der Waals surface area contributed by atoms with Gasteiger partial charge in [0.25, 0.3) is 0 Å². The SMILES string of the molecule is CN1C(=O)N(c2cccc(N)c2)CC1c1ccccc1. The molecule has 0 aromatic heterocycles. The number of hydrogen-bond acceptors (Lipinski definition) is 2. The van der Waals surface area contributed by atoms with E-state index in [4.69, 9.17) is 5.73 Å². The lowest BCUT2D eigenvalue weighted by atomic mass is 10.1. The fourth-order valence-electron chi connectivity index (χ4n) is 2.61. The highest BCUT2D eigenvalue weighted by molar-refractivity contribution is 5.95. The number of nitrogen functional groups attached to an aromatic ring is 1. The first-order chi connectivity index (χ1) is 9.66. The van der Waals surface area contributed by atoms with Gasteiger partial charge in [-0.2, -0.15) is 0 Å². The number of rotatable bonds is 2. The Balaban J connectivity index is 1.91. The fourth-order valence-corrected chi connectivity index (χ4v) is 2.61. The molecule has 1 aliphatic rings. The highest BCUT2D eigenvalue weighted by Gasteiger charge is 2.36. The summed E-state index contributed by atoms with van der Waals surface area (Å²) < 4.78 is 0. The van der Waals surface area contributed by atoms with Gasteiger partial charge in [0.1, 0.15) is 0 Å². The number of benzene rings is 2. The number of carbonyl (C=O) groups is 1. The molecule has 102 valence electrons. The molecule has 1 aliphatic heterocycles. The van der Waals surface area contributed by atoms with Gasteiger partial charge in [-0.3, -0.25) is 4.90 Å². The average molecular weight is 267 g/mol. The molecule has 3 rings (SSSR count). The third-order valence-electron chi connectivity index (χ3n) is 3.72. The summed E-state index contributed by atoms with van der Waals surface area (Å²) in [6.45, 7) is 0.642. The lowest BCUT2D eigenvalue weighted by Gasteiger charge is -2.17. The maximum absolute atomic E-state index is 12.4. The minimum Gasteiger partial charge on any atom is -0.399 e. The molecule has 0 aliphatic carbocycles. The monoisotopic (exact) mass is 267 g/mol. The molecule has 2 aromatic carbocycles. The van der Waals surface area contributed by atoms with Gasteiger partial charge >= 0.3 is 6.03 Å². The lowest BCUT2D eigenvalue weighted by molar-refractivity contribution is 0.219. The third kappa shape index (κ3) is 2.09. The number of hydrogen-bond donors (Lipinski definition) is 1. The van der Waals surface area contributed by atoms with Gasteiger partial charge in [-0.1, -0.05) is 36.4 Å². The molecule has 0 spiro atoms. The molecule has 2 amide bonds.